The van der Waals surface area contributed by atoms with Gasteiger partial charge in [-0.25, -0.2) is 10.8 Å². The summed E-state index contributed by atoms with van der Waals surface area (Å²) < 4.78 is 0. The van der Waals surface area contributed by atoms with Crippen LogP contribution in [-0.4, -0.2) is 38.9 Å². The van der Waals surface area contributed by atoms with E-state index in [0.29, 0.717) is 11.8 Å². The number of aliphatic hydroxyl groups is 2. The minimum absolute atomic E-state index is 0.217. The lowest BCUT2D eigenvalue weighted by atomic mass is 10.1. The van der Waals surface area contributed by atoms with Gasteiger partial charge in [-0.3, -0.25) is 5.43 Å². The van der Waals surface area contributed by atoms with Gasteiger partial charge in [-0.1, -0.05) is 6.92 Å². The van der Waals surface area contributed by atoms with Crippen LogP contribution in [0.15, 0.2) is 6.07 Å². The molecule has 0 radical (unpaired) electrons. The van der Waals surface area contributed by atoms with E-state index in [2.05, 4.69) is 27.6 Å². The van der Waals surface area contributed by atoms with Gasteiger partial charge < -0.3 is 15.5 Å². The first kappa shape index (κ1) is 14.9. The summed E-state index contributed by atoms with van der Waals surface area (Å²) in [5.41, 5.74) is 1.57. The maximum absolute atomic E-state index is 9.39. The highest BCUT2D eigenvalue weighted by molar-refractivity contribution is 7.18. The molecule has 0 unspecified atom stereocenters. The molecule has 2 heterocycles. The quantitative estimate of drug-likeness (QED) is 0.393. The van der Waals surface area contributed by atoms with Crippen molar-refractivity contribution in [1.82, 2.24) is 9.97 Å². The number of thiophene rings is 1. The first-order chi connectivity index (χ1) is 9.55. The Balaban J connectivity index is 2.52. The normalized spacial score (nSPS) is 11.8. The zero-order valence-corrected chi connectivity index (χ0v) is 12.3. The molecular weight excluding hydrogens is 278 g/mol. The van der Waals surface area contributed by atoms with Gasteiger partial charge in [-0.15, -0.1) is 11.3 Å². The molecule has 8 heteroatoms. The van der Waals surface area contributed by atoms with E-state index in [1.807, 2.05) is 6.07 Å². The number of aromatic nitrogens is 2. The van der Waals surface area contributed by atoms with Crippen LogP contribution in [-0.2, 0) is 6.42 Å². The molecule has 2 aromatic heterocycles. The van der Waals surface area contributed by atoms with Crippen LogP contribution in [0.3, 0.4) is 0 Å². The SMILES string of the molecule is CCc1cc2c(NC(C)(CO)CO)nc(NN)nc2s1. The maximum Gasteiger partial charge on any atom is 0.240 e. The molecule has 0 aliphatic rings. The Kier molecular flexibility index (Phi) is 4.39. The van der Waals surface area contributed by atoms with Crippen molar-refractivity contribution >= 4 is 33.3 Å². The fraction of sp³-hybridized carbons (Fsp3) is 0.500. The summed E-state index contributed by atoms with van der Waals surface area (Å²) in [6.45, 7) is 3.35. The highest BCUT2D eigenvalue weighted by Crippen LogP contribution is 2.31. The van der Waals surface area contributed by atoms with Crippen LogP contribution < -0.4 is 16.6 Å². The minimum atomic E-state index is -0.860. The number of rotatable bonds is 6. The zero-order chi connectivity index (χ0) is 14.8. The van der Waals surface area contributed by atoms with Crippen molar-refractivity contribution in [3.63, 3.8) is 0 Å². The molecule has 0 saturated heterocycles. The molecule has 20 heavy (non-hydrogen) atoms. The number of anilines is 2. The van der Waals surface area contributed by atoms with Gasteiger partial charge in [0.15, 0.2) is 0 Å². The third kappa shape index (κ3) is 2.83. The van der Waals surface area contributed by atoms with Crippen LogP contribution in [0, 0.1) is 0 Å². The molecule has 0 spiro atoms. The van der Waals surface area contributed by atoms with Crippen molar-refractivity contribution in [2.75, 3.05) is 24.0 Å². The third-order valence-electron chi connectivity index (χ3n) is 3.04. The molecule has 0 bridgehead atoms. The molecule has 0 aliphatic carbocycles. The highest BCUT2D eigenvalue weighted by Gasteiger charge is 2.24. The summed E-state index contributed by atoms with van der Waals surface area (Å²) in [6, 6.07) is 2.01. The van der Waals surface area contributed by atoms with Crippen molar-refractivity contribution < 1.29 is 10.2 Å². The number of nitrogens with one attached hydrogen (secondary N) is 2. The Labute approximate surface area is 120 Å². The Morgan fingerprint density at radius 3 is 2.60 bits per heavy atom. The minimum Gasteiger partial charge on any atom is -0.394 e. The van der Waals surface area contributed by atoms with Crippen LogP contribution >= 0.6 is 11.3 Å². The first-order valence-electron chi connectivity index (χ1n) is 6.32. The number of nitrogens with zero attached hydrogens (tertiary/aromatic N) is 2. The predicted molar refractivity (Wildman–Crippen MR) is 80.8 cm³/mol. The van der Waals surface area contributed by atoms with E-state index in [9.17, 15) is 10.2 Å². The molecule has 7 nitrogen and oxygen atoms in total. The fourth-order valence-corrected chi connectivity index (χ4v) is 2.69. The summed E-state index contributed by atoms with van der Waals surface area (Å²) in [7, 11) is 0. The van der Waals surface area contributed by atoms with Crippen molar-refractivity contribution in [3.05, 3.63) is 10.9 Å². The van der Waals surface area contributed by atoms with E-state index in [1.54, 1.807) is 18.3 Å². The second kappa shape index (κ2) is 5.88. The Morgan fingerprint density at radius 2 is 2.05 bits per heavy atom. The van der Waals surface area contributed by atoms with Gasteiger partial charge in [-0.05, 0) is 19.4 Å². The van der Waals surface area contributed by atoms with Gasteiger partial charge in [0.1, 0.15) is 10.6 Å². The van der Waals surface area contributed by atoms with E-state index in [1.165, 1.54) is 4.88 Å². The van der Waals surface area contributed by atoms with Crippen LogP contribution in [0.4, 0.5) is 11.8 Å². The van der Waals surface area contributed by atoms with E-state index in [4.69, 9.17) is 5.84 Å². The predicted octanol–water partition coefficient (Wildman–Crippen LogP) is 0.694. The van der Waals surface area contributed by atoms with Gasteiger partial charge in [-0.2, -0.15) is 4.98 Å². The van der Waals surface area contributed by atoms with Crippen LogP contribution in [0.25, 0.3) is 10.2 Å². The van der Waals surface area contributed by atoms with Gasteiger partial charge >= 0.3 is 0 Å². The molecule has 0 saturated carbocycles. The smallest absolute Gasteiger partial charge is 0.240 e. The van der Waals surface area contributed by atoms with Crippen molar-refractivity contribution in [1.29, 1.82) is 0 Å². The van der Waals surface area contributed by atoms with Gasteiger partial charge in [0, 0.05) is 4.88 Å². The second-order valence-electron chi connectivity index (χ2n) is 4.83. The number of aliphatic hydroxyl groups excluding tert-OH is 2. The standard InChI is InChI=1S/C12H19N5O2S/c1-3-7-4-8-9(16-12(2,5-18)6-19)14-11(17-13)15-10(8)20-7/h4,18-19H,3,5-6,13H2,1-2H3,(H2,14,15,16,17). The number of nitrogens with two attached hydrogens (primary N) is 1. The molecule has 2 aromatic rings. The van der Waals surface area contributed by atoms with Crippen LogP contribution in [0.5, 0.6) is 0 Å². The molecule has 0 aromatic carbocycles. The van der Waals surface area contributed by atoms with Crippen molar-refractivity contribution in [3.8, 4) is 0 Å². The summed E-state index contributed by atoms with van der Waals surface area (Å²) >= 11 is 1.57. The zero-order valence-electron chi connectivity index (χ0n) is 11.5. The largest absolute Gasteiger partial charge is 0.394 e. The lowest BCUT2D eigenvalue weighted by Crippen LogP contribution is -2.42. The van der Waals surface area contributed by atoms with Crippen molar-refractivity contribution in [2.45, 2.75) is 25.8 Å². The first-order valence-corrected chi connectivity index (χ1v) is 7.14. The molecule has 0 aliphatic heterocycles. The average Bonchev–Trinajstić information content (AvgIpc) is 2.90. The summed E-state index contributed by atoms with van der Waals surface area (Å²) in [4.78, 5) is 10.6. The lowest BCUT2D eigenvalue weighted by Gasteiger charge is -2.27. The van der Waals surface area contributed by atoms with E-state index < -0.39 is 5.54 Å². The monoisotopic (exact) mass is 297 g/mol. The van der Waals surface area contributed by atoms with E-state index >= 15 is 0 Å². The molecular formula is C12H19N5O2S. The van der Waals surface area contributed by atoms with Gasteiger partial charge in [0.25, 0.3) is 0 Å². The van der Waals surface area contributed by atoms with Gasteiger partial charge in [0.2, 0.25) is 5.95 Å². The topological polar surface area (TPSA) is 116 Å². The van der Waals surface area contributed by atoms with Crippen molar-refractivity contribution in [2.24, 2.45) is 5.84 Å². The number of hydrazine groups is 1. The Morgan fingerprint density at radius 1 is 1.35 bits per heavy atom. The Bertz CT molecular complexity index is 597. The van der Waals surface area contributed by atoms with E-state index in [-0.39, 0.29) is 13.2 Å². The molecule has 6 N–H and O–H groups in total. The maximum atomic E-state index is 9.39. The number of fused-ring (bicyclic) bond motifs is 1. The fourth-order valence-electron chi connectivity index (χ4n) is 1.72. The lowest BCUT2D eigenvalue weighted by molar-refractivity contribution is 0.147. The summed E-state index contributed by atoms with van der Waals surface area (Å²) in [5, 5.41) is 22.7. The third-order valence-corrected chi connectivity index (χ3v) is 4.21. The summed E-state index contributed by atoms with van der Waals surface area (Å²) in [6.07, 6.45) is 0.906. The molecule has 2 rings (SSSR count). The highest BCUT2D eigenvalue weighted by atomic mass is 32.1. The molecule has 0 fully saturated rings. The summed E-state index contributed by atoms with van der Waals surface area (Å²) in [5.74, 6) is 6.22. The van der Waals surface area contributed by atoms with Gasteiger partial charge in [0.05, 0.1) is 24.1 Å². The Hall–Kier alpha value is -1.48. The number of hydrogen-bond donors (Lipinski definition) is 5. The van der Waals surface area contributed by atoms with Crippen LogP contribution in [0.2, 0.25) is 0 Å². The molecule has 0 atom stereocenters. The molecule has 0 amide bonds. The molecule has 110 valence electrons. The van der Waals surface area contributed by atoms with Crippen LogP contribution in [0.1, 0.15) is 18.7 Å². The number of nitrogen functional groups attached to an aromatic ring is 1. The average molecular weight is 297 g/mol. The van der Waals surface area contributed by atoms with E-state index in [0.717, 1.165) is 16.6 Å². The number of hydrogen-bond acceptors (Lipinski definition) is 8. The number of aryl methyl sites for hydroxylation is 1. The second-order valence-corrected chi connectivity index (χ2v) is 5.94.